The summed E-state index contributed by atoms with van der Waals surface area (Å²) in [7, 11) is -5.70. The summed E-state index contributed by atoms with van der Waals surface area (Å²) >= 11 is 0. The minimum Gasteiger partial charge on any atom is -0.861 e. The van der Waals surface area contributed by atoms with Crippen LogP contribution in [0.25, 0.3) is 0 Å². The van der Waals surface area contributed by atoms with Crippen molar-refractivity contribution in [1.29, 1.82) is 0 Å². The third-order valence-corrected chi connectivity index (χ3v) is 4.10. The van der Waals surface area contributed by atoms with Gasteiger partial charge in [-0.1, -0.05) is 12.2 Å². The van der Waals surface area contributed by atoms with Crippen LogP contribution in [0, 0.1) is 17.8 Å². The first-order valence-corrected chi connectivity index (χ1v) is 6.41. The predicted molar refractivity (Wildman–Crippen MR) is 51.3 cm³/mol. The zero-order valence-corrected chi connectivity index (χ0v) is 9.33. The Labute approximate surface area is 95.9 Å². The van der Waals surface area contributed by atoms with Gasteiger partial charge in [0.15, 0.2) is 0 Å². The van der Waals surface area contributed by atoms with Crippen molar-refractivity contribution < 1.29 is 26.7 Å². The second-order valence-electron chi connectivity index (χ2n) is 4.24. The second kappa shape index (κ2) is 3.72. The lowest BCUT2D eigenvalue weighted by atomic mass is 9.94. The summed E-state index contributed by atoms with van der Waals surface area (Å²) in [5.41, 5.74) is -5.50. The molecule has 2 aliphatic carbocycles. The number of nitrogens with zero attached hydrogens (tertiary/aromatic N) is 1. The van der Waals surface area contributed by atoms with Crippen molar-refractivity contribution in [2.45, 2.75) is 18.3 Å². The maximum atomic E-state index is 12.0. The van der Waals surface area contributed by atoms with Crippen LogP contribution in [0.5, 0.6) is 0 Å². The van der Waals surface area contributed by atoms with Gasteiger partial charge in [-0.05, 0) is 36.5 Å². The molecule has 0 aromatic rings. The fourth-order valence-corrected chi connectivity index (χ4v) is 2.78. The molecule has 96 valence electrons. The number of halogens is 3. The van der Waals surface area contributed by atoms with Crippen molar-refractivity contribution in [3.63, 3.8) is 0 Å². The standard InChI is InChI=1S/C9H10F3NO3S/c10-9(11,12)17(15,16)13-8(14)7-4-5-1-2-6(7)3-5/h1-2,5-7H,3-4H2,(H,13,14)/p-1. The molecule has 0 aliphatic heterocycles. The zero-order chi connectivity index (χ0) is 12.8. The van der Waals surface area contributed by atoms with E-state index in [2.05, 4.69) is 4.40 Å². The molecule has 0 saturated heterocycles. The molecule has 0 N–H and O–H groups in total. The molecule has 0 aromatic heterocycles. The molecular formula is C9H9F3NO3S-. The fourth-order valence-electron chi connectivity index (χ4n) is 2.30. The molecule has 1 fully saturated rings. The van der Waals surface area contributed by atoms with E-state index in [1.54, 1.807) is 6.08 Å². The lowest BCUT2D eigenvalue weighted by molar-refractivity contribution is -0.224. The zero-order valence-electron chi connectivity index (χ0n) is 8.52. The van der Waals surface area contributed by atoms with Crippen molar-refractivity contribution in [1.82, 2.24) is 0 Å². The van der Waals surface area contributed by atoms with E-state index in [1.807, 2.05) is 6.08 Å². The Hall–Kier alpha value is -1.05. The number of sulfonamides is 1. The molecule has 0 radical (unpaired) electrons. The molecule has 2 rings (SSSR count). The molecule has 0 aromatic carbocycles. The van der Waals surface area contributed by atoms with Crippen LogP contribution in [-0.2, 0) is 10.0 Å². The highest BCUT2D eigenvalue weighted by Crippen LogP contribution is 2.43. The number of rotatable bonds is 2. The monoisotopic (exact) mass is 268 g/mol. The highest BCUT2D eigenvalue weighted by atomic mass is 32.2. The first-order chi connectivity index (χ1) is 7.71. The molecule has 1 saturated carbocycles. The van der Waals surface area contributed by atoms with Crippen LogP contribution < -0.4 is 5.11 Å². The summed E-state index contributed by atoms with van der Waals surface area (Å²) in [6, 6.07) is 0. The van der Waals surface area contributed by atoms with Gasteiger partial charge in [-0.3, -0.25) is 0 Å². The minimum atomic E-state index is -5.70. The van der Waals surface area contributed by atoms with Crippen LogP contribution in [0.3, 0.4) is 0 Å². The SMILES string of the molecule is O=S(=O)(/N=C(\[O-])C1CC2C=CC1C2)C(F)(F)F. The highest BCUT2D eigenvalue weighted by Gasteiger charge is 2.46. The maximum absolute atomic E-state index is 12.0. The van der Waals surface area contributed by atoms with Gasteiger partial charge in [0.2, 0.25) is 0 Å². The van der Waals surface area contributed by atoms with Gasteiger partial charge in [-0.25, -0.2) is 0 Å². The van der Waals surface area contributed by atoms with E-state index < -0.39 is 27.3 Å². The van der Waals surface area contributed by atoms with Gasteiger partial charge in [-0.15, -0.1) is 0 Å². The van der Waals surface area contributed by atoms with Crippen molar-refractivity contribution in [2.75, 3.05) is 0 Å². The number of hydrogen-bond acceptors (Lipinski definition) is 3. The van der Waals surface area contributed by atoms with E-state index in [-0.39, 0.29) is 11.8 Å². The summed E-state index contributed by atoms with van der Waals surface area (Å²) in [6.07, 6.45) is 4.72. The van der Waals surface area contributed by atoms with E-state index in [0.29, 0.717) is 12.8 Å². The molecule has 3 atom stereocenters. The van der Waals surface area contributed by atoms with Crippen LogP contribution in [0.1, 0.15) is 12.8 Å². The lowest BCUT2D eigenvalue weighted by Crippen LogP contribution is -2.33. The van der Waals surface area contributed by atoms with Gasteiger partial charge in [-0.2, -0.15) is 26.0 Å². The van der Waals surface area contributed by atoms with Gasteiger partial charge in [0.05, 0.1) is 0 Å². The van der Waals surface area contributed by atoms with E-state index >= 15 is 0 Å². The smallest absolute Gasteiger partial charge is 0.518 e. The Morgan fingerprint density at radius 3 is 2.35 bits per heavy atom. The molecule has 17 heavy (non-hydrogen) atoms. The third kappa shape index (κ3) is 2.18. The number of allylic oxidation sites excluding steroid dienone is 2. The normalized spacial score (nSPS) is 33.4. The Balaban J connectivity index is 2.21. The van der Waals surface area contributed by atoms with E-state index in [1.165, 1.54) is 0 Å². The molecule has 0 spiro atoms. The summed E-state index contributed by atoms with van der Waals surface area (Å²) in [4.78, 5) is 0. The van der Waals surface area contributed by atoms with Gasteiger partial charge < -0.3 is 5.11 Å². The topological polar surface area (TPSA) is 69.6 Å². The number of hydrogen-bond donors (Lipinski definition) is 0. The lowest BCUT2D eigenvalue weighted by Gasteiger charge is -2.24. The average Bonchev–Trinajstić information content (AvgIpc) is 2.75. The van der Waals surface area contributed by atoms with Gasteiger partial charge in [0, 0.05) is 0 Å². The van der Waals surface area contributed by atoms with Crippen molar-refractivity contribution >= 4 is 15.9 Å². The van der Waals surface area contributed by atoms with Crippen LogP contribution in [0.15, 0.2) is 16.5 Å². The molecule has 4 nitrogen and oxygen atoms in total. The Morgan fingerprint density at radius 2 is 1.94 bits per heavy atom. The van der Waals surface area contributed by atoms with Crippen LogP contribution in [0.4, 0.5) is 13.2 Å². The average molecular weight is 268 g/mol. The van der Waals surface area contributed by atoms with Crippen molar-refractivity contribution in [3.05, 3.63) is 12.2 Å². The summed E-state index contributed by atoms with van der Waals surface area (Å²) in [6.45, 7) is 0. The largest absolute Gasteiger partial charge is 0.861 e. The number of fused-ring (bicyclic) bond motifs is 2. The van der Waals surface area contributed by atoms with Crippen LogP contribution in [0.2, 0.25) is 0 Å². The molecule has 0 amide bonds. The maximum Gasteiger partial charge on any atom is 0.518 e. The summed E-state index contributed by atoms with van der Waals surface area (Å²) in [5, 5.41) is 11.4. The Bertz CT molecular complexity index is 480. The van der Waals surface area contributed by atoms with Crippen molar-refractivity contribution in [2.24, 2.45) is 22.2 Å². The van der Waals surface area contributed by atoms with E-state index in [9.17, 15) is 26.7 Å². The molecular weight excluding hydrogens is 259 g/mol. The second-order valence-corrected chi connectivity index (χ2v) is 5.83. The first kappa shape index (κ1) is 12.4. The Morgan fingerprint density at radius 1 is 1.29 bits per heavy atom. The van der Waals surface area contributed by atoms with Gasteiger partial charge in [0.1, 0.15) is 0 Å². The van der Waals surface area contributed by atoms with Crippen LogP contribution in [-0.4, -0.2) is 19.8 Å². The molecule has 2 bridgehead atoms. The molecule has 2 aliphatic rings. The van der Waals surface area contributed by atoms with E-state index in [0.717, 1.165) is 0 Å². The molecule has 3 unspecified atom stereocenters. The first-order valence-electron chi connectivity index (χ1n) is 4.97. The third-order valence-electron chi connectivity index (χ3n) is 3.10. The Kier molecular flexibility index (Phi) is 2.72. The predicted octanol–water partition coefficient (Wildman–Crippen LogP) is 0.807. The molecule has 0 heterocycles. The number of alkyl halides is 3. The van der Waals surface area contributed by atoms with Gasteiger partial charge in [0.25, 0.3) is 0 Å². The van der Waals surface area contributed by atoms with E-state index in [4.69, 9.17) is 0 Å². The molecule has 8 heteroatoms. The van der Waals surface area contributed by atoms with Crippen molar-refractivity contribution in [3.8, 4) is 0 Å². The van der Waals surface area contributed by atoms with Crippen LogP contribution >= 0.6 is 0 Å². The minimum absolute atomic E-state index is 0.165. The van der Waals surface area contributed by atoms with Gasteiger partial charge >= 0.3 is 15.5 Å². The summed E-state index contributed by atoms with van der Waals surface area (Å²) in [5.74, 6) is -1.90. The fraction of sp³-hybridized carbons (Fsp3) is 0.667. The highest BCUT2D eigenvalue weighted by molar-refractivity contribution is 7.91. The quantitative estimate of drug-likeness (QED) is 0.422. The summed E-state index contributed by atoms with van der Waals surface area (Å²) < 4.78 is 59.8.